The van der Waals surface area contributed by atoms with Crippen LogP contribution in [-0.4, -0.2) is 19.4 Å². The Kier molecular flexibility index (Phi) is 3.59. The lowest BCUT2D eigenvalue weighted by Gasteiger charge is -2.04. The summed E-state index contributed by atoms with van der Waals surface area (Å²) < 4.78 is 27.2. The lowest BCUT2D eigenvalue weighted by atomic mass is 10.3. The fraction of sp³-hybridized carbons (Fsp3) is 0. The van der Waals surface area contributed by atoms with E-state index < -0.39 is 16.0 Å². The zero-order valence-electron chi connectivity index (χ0n) is 9.68. The summed E-state index contributed by atoms with van der Waals surface area (Å²) >= 11 is 0. The Labute approximate surface area is 109 Å². The van der Waals surface area contributed by atoms with Gasteiger partial charge in [0.1, 0.15) is 5.75 Å². The van der Waals surface area contributed by atoms with E-state index in [9.17, 15) is 13.2 Å². The summed E-state index contributed by atoms with van der Waals surface area (Å²) in [5.41, 5.74) is 0.352. The maximum absolute atomic E-state index is 11.7. The van der Waals surface area contributed by atoms with Crippen molar-refractivity contribution in [3.05, 3.63) is 54.4 Å². The number of hydrogen-bond acceptors (Lipinski definition) is 5. The molecule has 0 bridgehead atoms. The van der Waals surface area contributed by atoms with Crippen LogP contribution in [-0.2, 0) is 10.0 Å². The fourth-order valence-electron chi connectivity index (χ4n) is 1.35. The van der Waals surface area contributed by atoms with Crippen LogP contribution in [0.15, 0.2) is 53.7 Å². The molecule has 0 radical (unpaired) electrons. The van der Waals surface area contributed by atoms with Gasteiger partial charge in [0.2, 0.25) is 10.0 Å². The van der Waals surface area contributed by atoms with E-state index in [0.29, 0.717) is 5.56 Å². The summed E-state index contributed by atoms with van der Waals surface area (Å²) in [6.07, 6.45) is 2.95. The number of carbonyl (C=O) groups excluding carboxylic acids is 1. The number of nitrogens with two attached hydrogens (primary N) is 1. The molecule has 2 N–H and O–H groups in total. The summed E-state index contributed by atoms with van der Waals surface area (Å²) in [6.45, 7) is 0. The van der Waals surface area contributed by atoms with Crippen molar-refractivity contribution in [2.75, 3.05) is 0 Å². The van der Waals surface area contributed by atoms with Crippen LogP contribution >= 0.6 is 0 Å². The largest absolute Gasteiger partial charge is 0.423 e. The molecule has 1 aromatic heterocycles. The number of rotatable bonds is 3. The molecule has 0 aliphatic heterocycles. The average molecular weight is 278 g/mol. The topological polar surface area (TPSA) is 99.4 Å². The van der Waals surface area contributed by atoms with E-state index in [-0.39, 0.29) is 10.6 Å². The number of pyridine rings is 1. The highest BCUT2D eigenvalue weighted by Gasteiger charge is 2.10. The molecule has 2 rings (SSSR count). The van der Waals surface area contributed by atoms with Crippen LogP contribution in [0.2, 0.25) is 0 Å². The summed E-state index contributed by atoms with van der Waals surface area (Å²) in [5, 5.41) is 4.96. The quantitative estimate of drug-likeness (QED) is 0.665. The molecule has 1 heterocycles. The molecule has 98 valence electrons. The molecule has 0 saturated carbocycles. The van der Waals surface area contributed by atoms with Crippen molar-refractivity contribution in [1.29, 1.82) is 0 Å². The lowest BCUT2D eigenvalue weighted by molar-refractivity contribution is 0.0734. The third-order valence-electron chi connectivity index (χ3n) is 2.28. The number of carbonyl (C=O) groups is 1. The Morgan fingerprint density at radius 3 is 2.16 bits per heavy atom. The fourth-order valence-corrected chi connectivity index (χ4v) is 1.87. The minimum absolute atomic E-state index is 0.0452. The standard InChI is InChI=1S/C12H10N2O4S/c13-19(16,17)11-3-1-10(2-4-11)18-12(15)9-5-7-14-8-6-9/h1-8H,(H2,13,16,17). The number of primary sulfonamides is 1. The molecular formula is C12H10N2O4S. The second kappa shape index (κ2) is 5.17. The number of benzene rings is 1. The van der Waals surface area contributed by atoms with Crippen LogP contribution in [0.25, 0.3) is 0 Å². The molecule has 0 aliphatic rings. The molecule has 0 unspecified atom stereocenters. The number of esters is 1. The Hall–Kier alpha value is -2.25. The Bertz CT molecular complexity index is 681. The van der Waals surface area contributed by atoms with E-state index in [1.807, 2.05) is 0 Å². The number of hydrogen-bond donors (Lipinski definition) is 1. The summed E-state index contributed by atoms with van der Waals surface area (Å²) in [5.74, 6) is -0.319. The lowest BCUT2D eigenvalue weighted by Crippen LogP contribution is -2.12. The van der Waals surface area contributed by atoms with Gasteiger partial charge in [-0.25, -0.2) is 18.4 Å². The zero-order valence-corrected chi connectivity index (χ0v) is 10.5. The SMILES string of the molecule is NS(=O)(=O)c1ccc(OC(=O)c2ccncc2)cc1. The summed E-state index contributed by atoms with van der Waals surface area (Å²) in [4.78, 5) is 15.4. The van der Waals surface area contributed by atoms with Crippen molar-refractivity contribution in [1.82, 2.24) is 4.98 Å². The highest BCUT2D eigenvalue weighted by molar-refractivity contribution is 7.89. The van der Waals surface area contributed by atoms with Gasteiger partial charge >= 0.3 is 5.97 Å². The first-order valence-corrected chi connectivity index (χ1v) is 6.76. The van der Waals surface area contributed by atoms with E-state index in [1.54, 1.807) is 0 Å². The van der Waals surface area contributed by atoms with Crippen molar-refractivity contribution < 1.29 is 17.9 Å². The molecule has 0 atom stereocenters. The number of aromatic nitrogens is 1. The summed E-state index contributed by atoms with van der Waals surface area (Å²) in [6, 6.07) is 8.29. The van der Waals surface area contributed by atoms with Gasteiger partial charge in [-0.05, 0) is 36.4 Å². The third-order valence-corrected chi connectivity index (χ3v) is 3.21. The van der Waals surface area contributed by atoms with Gasteiger partial charge in [-0.1, -0.05) is 0 Å². The molecule has 0 fully saturated rings. The van der Waals surface area contributed by atoms with E-state index in [1.165, 1.54) is 48.8 Å². The number of nitrogens with zero attached hydrogens (tertiary/aromatic N) is 1. The van der Waals surface area contributed by atoms with Crippen LogP contribution in [0.4, 0.5) is 0 Å². The van der Waals surface area contributed by atoms with Crippen molar-refractivity contribution in [2.45, 2.75) is 4.90 Å². The second-order valence-electron chi connectivity index (χ2n) is 3.64. The van der Waals surface area contributed by atoms with E-state index in [4.69, 9.17) is 9.88 Å². The first kappa shape index (κ1) is 13.2. The van der Waals surface area contributed by atoms with Gasteiger partial charge in [-0.15, -0.1) is 0 Å². The predicted molar refractivity (Wildman–Crippen MR) is 67.0 cm³/mol. The summed E-state index contributed by atoms with van der Waals surface area (Å²) in [7, 11) is -3.75. The molecule has 0 aliphatic carbocycles. The normalized spacial score (nSPS) is 11.0. The van der Waals surface area contributed by atoms with Gasteiger partial charge in [0.15, 0.2) is 0 Å². The molecule has 19 heavy (non-hydrogen) atoms. The molecule has 2 aromatic rings. The van der Waals surface area contributed by atoms with E-state index in [2.05, 4.69) is 4.98 Å². The molecular weight excluding hydrogens is 268 g/mol. The molecule has 7 heteroatoms. The maximum Gasteiger partial charge on any atom is 0.343 e. The predicted octanol–water partition coefficient (Wildman–Crippen LogP) is 0.948. The minimum atomic E-state index is -3.75. The maximum atomic E-state index is 11.7. The van der Waals surface area contributed by atoms with Crippen LogP contribution in [0.1, 0.15) is 10.4 Å². The van der Waals surface area contributed by atoms with Gasteiger partial charge in [-0.2, -0.15) is 0 Å². The minimum Gasteiger partial charge on any atom is -0.423 e. The van der Waals surface area contributed by atoms with Crippen LogP contribution in [0.3, 0.4) is 0 Å². The van der Waals surface area contributed by atoms with Crippen LogP contribution < -0.4 is 9.88 Å². The second-order valence-corrected chi connectivity index (χ2v) is 5.20. The molecule has 0 amide bonds. The number of sulfonamides is 1. The number of ether oxygens (including phenoxy) is 1. The van der Waals surface area contributed by atoms with Gasteiger partial charge < -0.3 is 4.74 Å². The van der Waals surface area contributed by atoms with Gasteiger partial charge in [0.05, 0.1) is 10.5 Å². The van der Waals surface area contributed by atoms with Crippen LogP contribution in [0.5, 0.6) is 5.75 Å². The molecule has 0 saturated heterocycles. The van der Waals surface area contributed by atoms with Crippen molar-refractivity contribution in [3.8, 4) is 5.75 Å². The average Bonchev–Trinajstić information content (AvgIpc) is 2.39. The van der Waals surface area contributed by atoms with Gasteiger partial charge in [0, 0.05) is 12.4 Å². The molecule has 0 spiro atoms. The molecule has 1 aromatic carbocycles. The van der Waals surface area contributed by atoms with Gasteiger partial charge in [-0.3, -0.25) is 4.98 Å². The monoisotopic (exact) mass is 278 g/mol. The first-order valence-electron chi connectivity index (χ1n) is 5.22. The highest BCUT2D eigenvalue weighted by atomic mass is 32.2. The van der Waals surface area contributed by atoms with Crippen molar-refractivity contribution in [3.63, 3.8) is 0 Å². The van der Waals surface area contributed by atoms with E-state index >= 15 is 0 Å². The Balaban J connectivity index is 2.15. The van der Waals surface area contributed by atoms with E-state index in [0.717, 1.165) is 0 Å². The van der Waals surface area contributed by atoms with Crippen molar-refractivity contribution >= 4 is 16.0 Å². The zero-order chi connectivity index (χ0) is 13.9. The van der Waals surface area contributed by atoms with Crippen molar-refractivity contribution in [2.24, 2.45) is 5.14 Å². The highest BCUT2D eigenvalue weighted by Crippen LogP contribution is 2.16. The third kappa shape index (κ3) is 3.36. The smallest absolute Gasteiger partial charge is 0.343 e. The Morgan fingerprint density at radius 1 is 1.05 bits per heavy atom. The Morgan fingerprint density at radius 2 is 1.63 bits per heavy atom. The van der Waals surface area contributed by atoms with Gasteiger partial charge in [0.25, 0.3) is 0 Å². The molecule has 6 nitrogen and oxygen atoms in total. The first-order chi connectivity index (χ1) is 8.97. The van der Waals surface area contributed by atoms with Crippen LogP contribution in [0, 0.1) is 0 Å².